The van der Waals surface area contributed by atoms with Gasteiger partial charge in [0.1, 0.15) is 11.2 Å². The van der Waals surface area contributed by atoms with Crippen LogP contribution in [0.2, 0.25) is 0 Å². The molecular weight excluding hydrogens is 340 g/mol. The fourth-order valence-electron chi connectivity index (χ4n) is 4.66. The zero-order valence-electron chi connectivity index (χ0n) is 16.9. The second-order valence-corrected chi connectivity index (χ2v) is 8.26. The van der Waals surface area contributed by atoms with Crippen LogP contribution in [0.3, 0.4) is 0 Å². The molecule has 1 heterocycles. The predicted molar refractivity (Wildman–Crippen MR) is 119 cm³/mol. The molecule has 0 atom stereocenters. The number of furan rings is 1. The van der Waals surface area contributed by atoms with Gasteiger partial charge in [-0.15, -0.1) is 0 Å². The lowest BCUT2D eigenvalue weighted by molar-refractivity contribution is 0.669. The molecule has 28 heavy (non-hydrogen) atoms. The van der Waals surface area contributed by atoms with Crippen molar-refractivity contribution in [1.82, 2.24) is 0 Å². The molecule has 3 aromatic rings. The summed E-state index contributed by atoms with van der Waals surface area (Å²) in [4.78, 5) is 0. The maximum absolute atomic E-state index is 6.08. The lowest BCUT2D eigenvalue weighted by Crippen LogP contribution is -2.02. The van der Waals surface area contributed by atoms with Crippen molar-refractivity contribution in [3.8, 4) is 0 Å². The van der Waals surface area contributed by atoms with Crippen molar-refractivity contribution in [2.45, 2.75) is 46.5 Å². The monoisotopic (exact) mass is 366 g/mol. The molecule has 0 aliphatic heterocycles. The number of benzene rings is 2. The Bertz CT molecular complexity index is 1220. The van der Waals surface area contributed by atoms with E-state index in [0.717, 1.165) is 24.0 Å². The standard InChI is InChI=1S/C27H26O/c1-17-7-4-5-9-22(17)23-15-20(12-11-18(23)2)21-13-14-25-24(16-21)27-19(3)8-6-10-26(27)28-25/h5-6,8-10,13-16H,4,7,11-12H2,1-3H3. The molecule has 0 amide bonds. The Morgan fingerprint density at radius 3 is 2.54 bits per heavy atom. The Kier molecular flexibility index (Phi) is 4.12. The van der Waals surface area contributed by atoms with Gasteiger partial charge in [-0.1, -0.05) is 47.6 Å². The van der Waals surface area contributed by atoms with Crippen LogP contribution in [0.4, 0.5) is 0 Å². The molecule has 5 rings (SSSR count). The molecule has 1 heteroatoms. The number of fused-ring (bicyclic) bond motifs is 3. The van der Waals surface area contributed by atoms with Crippen LogP contribution >= 0.6 is 0 Å². The molecule has 2 aromatic carbocycles. The molecule has 0 N–H and O–H groups in total. The number of allylic oxidation sites excluding steroid dienone is 8. The van der Waals surface area contributed by atoms with Crippen molar-refractivity contribution >= 4 is 27.5 Å². The van der Waals surface area contributed by atoms with E-state index in [2.05, 4.69) is 75.4 Å². The smallest absolute Gasteiger partial charge is 0.135 e. The molecule has 0 fully saturated rings. The van der Waals surface area contributed by atoms with Gasteiger partial charge in [0.25, 0.3) is 0 Å². The van der Waals surface area contributed by atoms with Crippen LogP contribution in [-0.4, -0.2) is 0 Å². The van der Waals surface area contributed by atoms with Crippen molar-refractivity contribution in [3.05, 3.63) is 88.0 Å². The SMILES string of the molecule is CC1=C(C2=C(C)CCC(c3ccc4oc5cccc(C)c5c4c3)=C2)C=CCC1. The fraction of sp³-hybridized carbons (Fsp3) is 0.259. The topological polar surface area (TPSA) is 13.1 Å². The van der Waals surface area contributed by atoms with Crippen LogP contribution in [0.1, 0.15) is 50.7 Å². The molecule has 140 valence electrons. The third-order valence-corrected chi connectivity index (χ3v) is 6.34. The average Bonchev–Trinajstić information content (AvgIpc) is 3.08. The Hall–Kier alpha value is -2.80. The summed E-state index contributed by atoms with van der Waals surface area (Å²) >= 11 is 0. The van der Waals surface area contributed by atoms with Crippen LogP contribution in [0.15, 0.2) is 81.3 Å². The summed E-state index contributed by atoms with van der Waals surface area (Å²) in [6.45, 7) is 6.74. The van der Waals surface area contributed by atoms with Crippen molar-refractivity contribution in [1.29, 1.82) is 0 Å². The van der Waals surface area contributed by atoms with Gasteiger partial charge in [-0.2, -0.15) is 0 Å². The summed E-state index contributed by atoms with van der Waals surface area (Å²) in [5.74, 6) is 0. The zero-order chi connectivity index (χ0) is 19.3. The third kappa shape index (κ3) is 2.77. The Balaban J connectivity index is 1.64. The maximum Gasteiger partial charge on any atom is 0.135 e. The van der Waals surface area contributed by atoms with E-state index >= 15 is 0 Å². The summed E-state index contributed by atoms with van der Waals surface area (Å²) in [6.07, 6.45) is 11.7. The highest BCUT2D eigenvalue weighted by Gasteiger charge is 2.18. The van der Waals surface area contributed by atoms with Crippen molar-refractivity contribution in [3.63, 3.8) is 0 Å². The second kappa shape index (κ2) is 6.67. The zero-order valence-corrected chi connectivity index (χ0v) is 16.9. The van der Waals surface area contributed by atoms with Crippen molar-refractivity contribution in [2.75, 3.05) is 0 Å². The number of hydrogen-bond donors (Lipinski definition) is 0. The summed E-state index contributed by atoms with van der Waals surface area (Å²) in [5.41, 5.74) is 11.9. The first kappa shape index (κ1) is 17.3. The highest BCUT2D eigenvalue weighted by atomic mass is 16.3. The fourth-order valence-corrected chi connectivity index (χ4v) is 4.66. The normalized spacial score (nSPS) is 17.8. The van der Waals surface area contributed by atoms with Crippen LogP contribution in [0, 0.1) is 6.92 Å². The van der Waals surface area contributed by atoms with Crippen LogP contribution in [0.25, 0.3) is 27.5 Å². The quantitative estimate of drug-likeness (QED) is 0.447. The molecule has 1 aromatic heterocycles. The number of rotatable bonds is 2. The summed E-state index contributed by atoms with van der Waals surface area (Å²) in [7, 11) is 0. The lowest BCUT2D eigenvalue weighted by atomic mass is 9.83. The largest absolute Gasteiger partial charge is 0.456 e. The molecule has 0 saturated carbocycles. The highest BCUT2D eigenvalue weighted by Crippen LogP contribution is 2.39. The molecule has 0 spiro atoms. The van der Waals surface area contributed by atoms with E-state index in [1.54, 1.807) is 0 Å². The first-order chi connectivity index (χ1) is 13.6. The Labute approximate surface area is 166 Å². The molecule has 0 radical (unpaired) electrons. The highest BCUT2D eigenvalue weighted by molar-refractivity contribution is 6.07. The average molecular weight is 367 g/mol. The minimum atomic E-state index is 0.977. The minimum absolute atomic E-state index is 0.977. The van der Waals surface area contributed by atoms with Gasteiger partial charge >= 0.3 is 0 Å². The number of hydrogen-bond acceptors (Lipinski definition) is 1. The van der Waals surface area contributed by atoms with Crippen LogP contribution in [-0.2, 0) is 0 Å². The van der Waals surface area contributed by atoms with E-state index in [0.29, 0.717) is 0 Å². The molecule has 2 aliphatic rings. The van der Waals surface area contributed by atoms with Gasteiger partial charge in [-0.3, -0.25) is 0 Å². The number of aryl methyl sites for hydroxylation is 1. The van der Waals surface area contributed by atoms with Gasteiger partial charge in [-0.05, 0) is 92.5 Å². The second-order valence-electron chi connectivity index (χ2n) is 8.26. The predicted octanol–water partition coefficient (Wildman–Crippen LogP) is 8.05. The Morgan fingerprint density at radius 1 is 0.821 bits per heavy atom. The molecular formula is C27H26O. The molecule has 2 aliphatic carbocycles. The van der Waals surface area contributed by atoms with Crippen molar-refractivity contribution < 1.29 is 4.42 Å². The molecule has 0 saturated heterocycles. The van der Waals surface area contributed by atoms with E-state index < -0.39 is 0 Å². The van der Waals surface area contributed by atoms with Gasteiger partial charge in [-0.25, -0.2) is 0 Å². The Morgan fingerprint density at radius 2 is 1.68 bits per heavy atom. The van der Waals surface area contributed by atoms with Crippen LogP contribution < -0.4 is 0 Å². The van der Waals surface area contributed by atoms with E-state index in [4.69, 9.17) is 4.42 Å². The van der Waals surface area contributed by atoms with E-state index in [1.165, 1.54) is 62.6 Å². The summed E-state index contributed by atoms with van der Waals surface area (Å²) in [5, 5.41) is 2.48. The molecule has 0 unspecified atom stereocenters. The van der Waals surface area contributed by atoms with Gasteiger partial charge in [0, 0.05) is 10.8 Å². The van der Waals surface area contributed by atoms with E-state index in [-0.39, 0.29) is 0 Å². The van der Waals surface area contributed by atoms with Crippen molar-refractivity contribution in [2.24, 2.45) is 0 Å². The molecule has 0 bridgehead atoms. The van der Waals surface area contributed by atoms with Gasteiger partial charge in [0.15, 0.2) is 0 Å². The van der Waals surface area contributed by atoms with Crippen LogP contribution in [0.5, 0.6) is 0 Å². The van der Waals surface area contributed by atoms with Gasteiger partial charge in [0.2, 0.25) is 0 Å². The van der Waals surface area contributed by atoms with E-state index in [9.17, 15) is 0 Å². The third-order valence-electron chi connectivity index (χ3n) is 6.34. The van der Waals surface area contributed by atoms with Gasteiger partial charge < -0.3 is 4.42 Å². The first-order valence-electron chi connectivity index (χ1n) is 10.3. The first-order valence-corrected chi connectivity index (χ1v) is 10.3. The van der Waals surface area contributed by atoms with Gasteiger partial charge in [0.05, 0.1) is 0 Å². The maximum atomic E-state index is 6.08. The lowest BCUT2D eigenvalue weighted by Gasteiger charge is -2.22. The minimum Gasteiger partial charge on any atom is -0.456 e. The summed E-state index contributed by atoms with van der Waals surface area (Å²) < 4.78 is 6.08. The van der Waals surface area contributed by atoms with E-state index in [1.807, 2.05) is 0 Å². The summed E-state index contributed by atoms with van der Waals surface area (Å²) in [6, 6.07) is 13.0. The molecule has 1 nitrogen and oxygen atoms in total.